The summed E-state index contributed by atoms with van der Waals surface area (Å²) in [5, 5.41) is 0. The first-order chi connectivity index (χ1) is 11.0. The maximum absolute atomic E-state index is 12.7. The van der Waals surface area contributed by atoms with Crippen molar-refractivity contribution in [2.45, 2.75) is 13.8 Å². The van der Waals surface area contributed by atoms with E-state index in [1.807, 2.05) is 49.7 Å². The normalized spacial score (nSPS) is 10.4. The summed E-state index contributed by atoms with van der Waals surface area (Å²) in [6, 6.07) is 11.8. The molecule has 0 aliphatic rings. The fraction of sp³-hybridized carbons (Fsp3) is 0.333. The molecule has 0 aliphatic heterocycles. The van der Waals surface area contributed by atoms with Crippen LogP contribution < -0.4 is 0 Å². The quantitative estimate of drug-likeness (QED) is 0.797. The summed E-state index contributed by atoms with van der Waals surface area (Å²) in [4.78, 5) is 25.6. The second-order valence-corrected chi connectivity index (χ2v) is 5.43. The van der Waals surface area contributed by atoms with Gasteiger partial charge in [0.15, 0.2) is 0 Å². The number of likely N-dealkylation sites (N-methyl/N-ethyl adjacent to an activating group) is 1. The Balaban J connectivity index is 2.30. The fourth-order valence-electron chi connectivity index (χ4n) is 2.53. The van der Waals surface area contributed by atoms with Gasteiger partial charge in [-0.05, 0) is 37.6 Å². The SMILES string of the molecule is CCN(CC(=O)OC)C(=O)c1ccc(-c2cccc(C)c2)n1C. The van der Waals surface area contributed by atoms with Crippen molar-refractivity contribution >= 4 is 11.9 Å². The van der Waals surface area contributed by atoms with Crippen LogP contribution in [0.2, 0.25) is 0 Å². The number of esters is 1. The molecule has 2 aromatic rings. The van der Waals surface area contributed by atoms with E-state index < -0.39 is 5.97 Å². The molecule has 5 heteroatoms. The van der Waals surface area contributed by atoms with Gasteiger partial charge in [-0.2, -0.15) is 0 Å². The Morgan fingerprint density at radius 2 is 1.96 bits per heavy atom. The number of carbonyl (C=O) groups is 2. The van der Waals surface area contributed by atoms with E-state index in [4.69, 9.17) is 0 Å². The number of nitrogens with zero attached hydrogens (tertiary/aromatic N) is 2. The summed E-state index contributed by atoms with van der Waals surface area (Å²) in [5.74, 6) is -0.604. The van der Waals surface area contributed by atoms with Gasteiger partial charge in [-0.3, -0.25) is 9.59 Å². The lowest BCUT2D eigenvalue weighted by Crippen LogP contribution is -2.36. The van der Waals surface area contributed by atoms with Crippen LogP contribution >= 0.6 is 0 Å². The Hall–Kier alpha value is -2.56. The molecule has 122 valence electrons. The monoisotopic (exact) mass is 314 g/mol. The maximum Gasteiger partial charge on any atom is 0.325 e. The first kappa shape index (κ1) is 16.8. The molecule has 1 amide bonds. The summed E-state index contributed by atoms with van der Waals surface area (Å²) in [6.45, 7) is 4.27. The molecule has 0 fully saturated rings. The number of methoxy groups -OCH3 is 1. The van der Waals surface area contributed by atoms with E-state index in [9.17, 15) is 9.59 Å². The molecule has 0 radical (unpaired) electrons. The third-order valence-electron chi connectivity index (χ3n) is 3.87. The Bertz CT molecular complexity index is 719. The van der Waals surface area contributed by atoms with Crippen LogP contribution in [0.1, 0.15) is 23.0 Å². The van der Waals surface area contributed by atoms with Gasteiger partial charge in [0.2, 0.25) is 0 Å². The van der Waals surface area contributed by atoms with E-state index in [2.05, 4.69) is 10.8 Å². The zero-order valence-corrected chi connectivity index (χ0v) is 14.0. The van der Waals surface area contributed by atoms with Crippen LogP contribution in [-0.2, 0) is 16.6 Å². The van der Waals surface area contributed by atoms with Gasteiger partial charge in [0.25, 0.3) is 5.91 Å². The predicted molar refractivity (Wildman–Crippen MR) is 89.2 cm³/mol. The van der Waals surface area contributed by atoms with Gasteiger partial charge >= 0.3 is 5.97 Å². The zero-order valence-electron chi connectivity index (χ0n) is 14.0. The van der Waals surface area contributed by atoms with Crippen LogP contribution in [0, 0.1) is 6.92 Å². The van der Waals surface area contributed by atoms with Crippen LogP contribution in [0.25, 0.3) is 11.3 Å². The molecule has 0 saturated heterocycles. The van der Waals surface area contributed by atoms with Crippen molar-refractivity contribution in [1.29, 1.82) is 0 Å². The molecule has 0 spiro atoms. The minimum Gasteiger partial charge on any atom is -0.468 e. The van der Waals surface area contributed by atoms with E-state index in [1.165, 1.54) is 12.0 Å². The highest BCUT2D eigenvalue weighted by molar-refractivity contribution is 5.95. The second kappa shape index (κ2) is 7.13. The maximum atomic E-state index is 12.7. The number of carbonyl (C=O) groups excluding carboxylic acids is 2. The molecule has 0 atom stereocenters. The van der Waals surface area contributed by atoms with Crippen molar-refractivity contribution in [3.05, 3.63) is 47.7 Å². The summed E-state index contributed by atoms with van der Waals surface area (Å²) in [7, 11) is 3.18. The van der Waals surface area contributed by atoms with Gasteiger partial charge in [0.05, 0.1) is 7.11 Å². The van der Waals surface area contributed by atoms with Gasteiger partial charge in [-0.25, -0.2) is 0 Å². The van der Waals surface area contributed by atoms with Gasteiger partial charge < -0.3 is 14.2 Å². The standard InChI is InChI=1S/C18H22N2O3/c1-5-20(12-17(21)23-4)18(22)16-10-9-15(19(16)3)14-8-6-7-13(2)11-14/h6-11H,5,12H2,1-4H3. The lowest BCUT2D eigenvalue weighted by Gasteiger charge is -2.20. The van der Waals surface area contributed by atoms with Gasteiger partial charge in [0, 0.05) is 19.3 Å². The zero-order chi connectivity index (χ0) is 17.0. The molecule has 0 saturated carbocycles. The van der Waals surface area contributed by atoms with Crippen molar-refractivity contribution in [2.24, 2.45) is 7.05 Å². The van der Waals surface area contributed by atoms with Crippen molar-refractivity contribution in [1.82, 2.24) is 9.47 Å². The van der Waals surface area contributed by atoms with Crippen LogP contribution in [0.4, 0.5) is 0 Å². The van der Waals surface area contributed by atoms with Crippen LogP contribution in [0.15, 0.2) is 36.4 Å². The van der Waals surface area contributed by atoms with E-state index in [-0.39, 0.29) is 12.5 Å². The molecule has 0 bridgehead atoms. The Morgan fingerprint density at radius 3 is 2.57 bits per heavy atom. The van der Waals surface area contributed by atoms with Gasteiger partial charge in [0.1, 0.15) is 12.2 Å². The topological polar surface area (TPSA) is 51.5 Å². The summed E-state index contributed by atoms with van der Waals surface area (Å²) in [6.07, 6.45) is 0. The molecule has 1 aromatic heterocycles. The minimum absolute atomic E-state index is 0.0448. The summed E-state index contributed by atoms with van der Waals surface area (Å²) in [5.41, 5.74) is 3.73. The third-order valence-corrected chi connectivity index (χ3v) is 3.87. The van der Waals surface area contributed by atoms with Crippen LogP contribution in [0.3, 0.4) is 0 Å². The number of aryl methyl sites for hydroxylation is 1. The Labute approximate surface area is 136 Å². The highest BCUT2D eigenvalue weighted by Crippen LogP contribution is 2.23. The number of aromatic nitrogens is 1. The lowest BCUT2D eigenvalue weighted by molar-refractivity contribution is -0.141. The molecule has 2 rings (SSSR count). The number of rotatable bonds is 5. The smallest absolute Gasteiger partial charge is 0.325 e. The van der Waals surface area contributed by atoms with Crippen LogP contribution in [-0.4, -0.2) is 41.5 Å². The number of benzene rings is 1. The highest BCUT2D eigenvalue weighted by atomic mass is 16.5. The summed E-state index contributed by atoms with van der Waals surface area (Å²) < 4.78 is 6.51. The van der Waals surface area contributed by atoms with Crippen molar-refractivity contribution in [2.75, 3.05) is 20.2 Å². The number of hydrogen-bond acceptors (Lipinski definition) is 3. The Morgan fingerprint density at radius 1 is 1.22 bits per heavy atom. The largest absolute Gasteiger partial charge is 0.468 e. The van der Waals surface area contributed by atoms with E-state index in [0.717, 1.165) is 16.8 Å². The number of hydrogen-bond donors (Lipinski definition) is 0. The molecular formula is C18H22N2O3. The average Bonchev–Trinajstić information content (AvgIpc) is 2.93. The molecular weight excluding hydrogens is 292 g/mol. The van der Waals surface area contributed by atoms with Gasteiger partial charge in [-0.15, -0.1) is 0 Å². The number of amides is 1. The van der Waals surface area contributed by atoms with E-state index in [0.29, 0.717) is 12.2 Å². The lowest BCUT2D eigenvalue weighted by atomic mass is 10.1. The molecule has 0 aliphatic carbocycles. The van der Waals surface area contributed by atoms with Crippen molar-refractivity contribution < 1.29 is 14.3 Å². The molecule has 1 aromatic carbocycles. The summed E-state index contributed by atoms with van der Waals surface area (Å²) >= 11 is 0. The molecule has 0 N–H and O–H groups in total. The molecule has 0 unspecified atom stereocenters. The van der Waals surface area contributed by atoms with E-state index >= 15 is 0 Å². The average molecular weight is 314 g/mol. The van der Waals surface area contributed by atoms with Gasteiger partial charge in [-0.1, -0.05) is 23.8 Å². The second-order valence-electron chi connectivity index (χ2n) is 5.43. The van der Waals surface area contributed by atoms with Crippen molar-refractivity contribution in [3.63, 3.8) is 0 Å². The Kier molecular flexibility index (Phi) is 5.21. The molecule has 1 heterocycles. The first-order valence-electron chi connectivity index (χ1n) is 7.56. The van der Waals surface area contributed by atoms with Crippen LogP contribution in [0.5, 0.6) is 0 Å². The number of ether oxygens (including phenoxy) is 1. The third kappa shape index (κ3) is 3.62. The predicted octanol–water partition coefficient (Wildman–Crippen LogP) is 2.64. The van der Waals surface area contributed by atoms with Crippen molar-refractivity contribution in [3.8, 4) is 11.3 Å². The van der Waals surface area contributed by atoms with E-state index in [1.54, 1.807) is 6.07 Å². The fourth-order valence-corrected chi connectivity index (χ4v) is 2.53. The molecule has 5 nitrogen and oxygen atoms in total. The molecule has 23 heavy (non-hydrogen) atoms. The highest BCUT2D eigenvalue weighted by Gasteiger charge is 2.21. The minimum atomic E-state index is -0.423. The first-order valence-corrected chi connectivity index (χ1v) is 7.56.